The van der Waals surface area contributed by atoms with Gasteiger partial charge in [-0.1, -0.05) is 31.5 Å². The first-order chi connectivity index (χ1) is 9.62. The maximum Gasteiger partial charge on any atom is 0.235 e. The zero-order chi connectivity index (χ0) is 14.2. The number of rotatable bonds is 6. The van der Waals surface area contributed by atoms with Gasteiger partial charge in [0.1, 0.15) is 0 Å². The lowest BCUT2D eigenvalue weighted by Gasteiger charge is -2.39. The lowest BCUT2D eigenvalue weighted by molar-refractivity contribution is -0.140. The zero-order valence-corrected chi connectivity index (χ0v) is 13.1. The average molecular weight is 294 g/mol. The summed E-state index contributed by atoms with van der Waals surface area (Å²) in [7, 11) is 0. The molecule has 0 aromatic carbocycles. The van der Waals surface area contributed by atoms with Crippen LogP contribution < -0.4 is 5.73 Å². The van der Waals surface area contributed by atoms with Gasteiger partial charge in [0.15, 0.2) is 0 Å². The fraction of sp³-hybridized carbons (Fsp3) is 0.875. The fourth-order valence-electron chi connectivity index (χ4n) is 3.49. The topological polar surface area (TPSA) is 46.3 Å². The van der Waals surface area contributed by atoms with Gasteiger partial charge in [0.2, 0.25) is 5.91 Å². The minimum atomic E-state index is -0.517. The highest BCUT2D eigenvalue weighted by atomic mass is 32.1. The van der Waals surface area contributed by atoms with Crippen molar-refractivity contribution in [1.29, 1.82) is 0 Å². The summed E-state index contributed by atoms with van der Waals surface area (Å²) in [4.78, 5) is 15.7. The summed E-state index contributed by atoms with van der Waals surface area (Å²) in [5.41, 5.74) is 5.50. The molecule has 0 heterocycles. The Morgan fingerprint density at radius 2 is 1.55 bits per heavy atom. The van der Waals surface area contributed by atoms with Gasteiger partial charge in [-0.2, -0.15) is 0 Å². The molecule has 0 aromatic rings. The van der Waals surface area contributed by atoms with E-state index < -0.39 is 5.41 Å². The standard InChI is InChI=1S/C16H26N2OS/c17-14(20)16(8-2-1-3-9-16)15(19)18(10-12-4-5-12)11-13-6-7-13/h12-13H,1-11H2,(H2,17,20). The highest BCUT2D eigenvalue weighted by molar-refractivity contribution is 7.80. The number of nitrogens with zero attached hydrogens (tertiary/aromatic N) is 1. The second kappa shape index (κ2) is 5.63. The molecule has 3 nitrogen and oxygen atoms in total. The Balaban J connectivity index is 1.75. The van der Waals surface area contributed by atoms with Crippen LogP contribution in [-0.2, 0) is 4.79 Å². The Hall–Kier alpha value is -0.640. The number of thiocarbonyl (C=S) groups is 1. The molecule has 0 aromatic heterocycles. The van der Waals surface area contributed by atoms with Gasteiger partial charge in [-0.15, -0.1) is 0 Å². The lowest BCUT2D eigenvalue weighted by Crippen LogP contribution is -2.52. The third-order valence-electron chi connectivity index (χ3n) is 5.23. The third-order valence-corrected chi connectivity index (χ3v) is 5.62. The maximum absolute atomic E-state index is 13.1. The third kappa shape index (κ3) is 3.00. The molecule has 0 spiro atoms. The largest absolute Gasteiger partial charge is 0.392 e. The van der Waals surface area contributed by atoms with Crippen molar-refractivity contribution in [2.45, 2.75) is 57.8 Å². The Bertz CT molecular complexity index is 381. The van der Waals surface area contributed by atoms with E-state index in [1.165, 1.54) is 32.1 Å². The first-order valence-corrected chi connectivity index (χ1v) is 8.62. The van der Waals surface area contributed by atoms with E-state index in [-0.39, 0.29) is 5.91 Å². The molecular formula is C16H26N2OS. The van der Waals surface area contributed by atoms with Crippen molar-refractivity contribution in [2.75, 3.05) is 13.1 Å². The van der Waals surface area contributed by atoms with Gasteiger partial charge in [0, 0.05) is 13.1 Å². The first kappa shape index (κ1) is 14.3. The Labute approximate surface area is 127 Å². The molecule has 1 amide bonds. The minimum Gasteiger partial charge on any atom is -0.392 e. The summed E-state index contributed by atoms with van der Waals surface area (Å²) in [6.45, 7) is 1.89. The molecule has 3 rings (SSSR count). The Kier molecular flexibility index (Phi) is 4.02. The molecule has 112 valence electrons. The summed E-state index contributed by atoms with van der Waals surface area (Å²) < 4.78 is 0. The summed E-state index contributed by atoms with van der Waals surface area (Å²) >= 11 is 5.31. The van der Waals surface area contributed by atoms with E-state index in [4.69, 9.17) is 18.0 Å². The molecule has 3 aliphatic rings. The molecule has 3 saturated carbocycles. The molecule has 20 heavy (non-hydrogen) atoms. The van der Waals surface area contributed by atoms with Crippen LogP contribution in [0.25, 0.3) is 0 Å². The molecular weight excluding hydrogens is 268 g/mol. The fourth-order valence-corrected chi connectivity index (χ4v) is 3.78. The summed E-state index contributed by atoms with van der Waals surface area (Å²) in [5.74, 6) is 1.73. The van der Waals surface area contributed by atoms with Gasteiger partial charge in [-0.25, -0.2) is 0 Å². The molecule has 0 radical (unpaired) electrons. The molecule has 2 N–H and O–H groups in total. The van der Waals surface area contributed by atoms with Crippen LogP contribution in [0.1, 0.15) is 57.8 Å². The summed E-state index contributed by atoms with van der Waals surface area (Å²) in [5, 5.41) is 0. The van der Waals surface area contributed by atoms with E-state index in [9.17, 15) is 4.79 Å². The monoisotopic (exact) mass is 294 g/mol. The predicted octanol–water partition coefficient (Wildman–Crippen LogP) is 2.87. The van der Waals surface area contributed by atoms with Gasteiger partial charge in [0.25, 0.3) is 0 Å². The first-order valence-electron chi connectivity index (χ1n) is 8.21. The quantitative estimate of drug-likeness (QED) is 0.766. The number of hydrogen-bond acceptors (Lipinski definition) is 2. The van der Waals surface area contributed by atoms with Crippen molar-refractivity contribution in [2.24, 2.45) is 23.0 Å². The normalized spacial score (nSPS) is 25.2. The van der Waals surface area contributed by atoms with Crippen molar-refractivity contribution in [1.82, 2.24) is 4.90 Å². The molecule has 0 aliphatic heterocycles. The molecule has 0 bridgehead atoms. The molecule has 4 heteroatoms. The van der Waals surface area contributed by atoms with Crippen LogP contribution in [0.15, 0.2) is 0 Å². The Morgan fingerprint density at radius 1 is 1.05 bits per heavy atom. The highest BCUT2D eigenvalue weighted by Gasteiger charge is 2.46. The van der Waals surface area contributed by atoms with E-state index in [1.807, 2.05) is 0 Å². The number of amides is 1. The van der Waals surface area contributed by atoms with Crippen molar-refractivity contribution in [3.8, 4) is 0 Å². The van der Waals surface area contributed by atoms with Gasteiger partial charge in [-0.3, -0.25) is 4.79 Å². The number of carbonyl (C=O) groups excluding carboxylic acids is 1. The van der Waals surface area contributed by atoms with E-state index >= 15 is 0 Å². The van der Waals surface area contributed by atoms with E-state index in [2.05, 4.69) is 4.90 Å². The van der Waals surface area contributed by atoms with Crippen LogP contribution in [0.3, 0.4) is 0 Å². The molecule has 0 unspecified atom stereocenters. The van der Waals surface area contributed by atoms with Crippen LogP contribution in [-0.4, -0.2) is 28.9 Å². The van der Waals surface area contributed by atoms with Gasteiger partial charge >= 0.3 is 0 Å². The van der Waals surface area contributed by atoms with Gasteiger partial charge in [-0.05, 0) is 50.4 Å². The van der Waals surface area contributed by atoms with Crippen molar-refractivity contribution >= 4 is 23.1 Å². The smallest absolute Gasteiger partial charge is 0.235 e. The lowest BCUT2D eigenvalue weighted by atomic mass is 9.72. The van der Waals surface area contributed by atoms with Crippen molar-refractivity contribution in [3.05, 3.63) is 0 Å². The van der Waals surface area contributed by atoms with Crippen LogP contribution >= 0.6 is 12.2 Å². The maximum atomic E-state index is 13.1. The minimum absolute atomic E-state index is 0.253. The second-order valence-corrected chi connectivity index (χ2v) is 7.54. The van der Waals surface area contributed by atoms with Crippen LogP contribution in [0.4, 0.5) is 0 Å². The molecule has 3 aliphatic carbocycles. The van der Waals surface area contributed by atoms with E-state index in [0.717, 1.165) is 50.6 Å². The molecule has 0 atom stereocenters. The van der Waals surface area contributed by atoms with E-state index in [1.54, 1.807) is 0 Å². The van der Waals surface area contributed by atoms with Gasteiger partial charge in [0.05, 0.1) is 10.4 Å². The predicted molar refractivity (Wildman–Crippen MR) is 84.3 cm³/mol. The van der Waals surface area contributed by atoms with Gasteiger partial charge < -0.3 is 10.6 Å². The summed E-state index contributed by atoms with van der Waals surface area (Å²) in [6.07, 6.45) is 10.3. The summed E-state index contributed by atoms with van der Waals surface area (Å²) in [6, 6.07) is 0. The SMILES string of the molecule is NC(=S)C1(C(=O)N(CC2CC2)CC2CC2)CCCCC1. The van der Waals surface area contributed by atoms with Crippen LogP contribution in [0, 0.1) is 17.3 Å². The number of hydrogen-bond donors (Lipinski definition) is 1. The van der Waals surface area contributed by atoms with Crippen molar-refractivity contribution in [3.63, 3.8) is 0 Å². The Morgan fingerprint density at radius 3 is 1.95 bits per heavy atom. The number of carbonyl (C=O) groups is 1. The van der Waals surface area contributed by atoms with Crippen LogP contribution in [0.2, 0.25) is 0 Å². The second-order valence-electron chi connectivity index (χ2n) is 7.10. The van der Waals surface area contributed by atoms with E-state index in [0.29, 0.717) is 4.99 Å². The zero-order valence-electron chi connectivity index (χ0n) is 12.3. The average Bonchev–Trinajstić information content (AvgIpc) is 3.33. The highest BCUT2D eigenvalue weighted by Crippen LogP contribution is 2.41. The number of nitrogens with two attached hydrogens (primary N) is 1. The molecule has 3 fully saturated rings. The molecule has 0 saturated heterocycles. The van der Waals surface area contributed by atoms with Crippen molar-refractivity contribution < 1.29 is 4.79 Å². The van der Waals surface area contributed by atoms with Crippen LogP contribution in [0.5, 0.6) is 0 Å².